The van der Waals surface area contributed by atoms with E-state index in [1.165, 1.54) is 11.3 Å². The van der Waals surface area contributed by atoms with E-state index in [9.17, 15) is 14.7 Å². The van der Waals surface area contributed by atoms with Gasteiger partial charge in [0.2, 0.25) is 0 Å². The zero-order chi connectivity index (χ0) is 13.3. The number of aliphatic hydroxyl groups excluding tert-OH is 1. The Labute approximate surface area is 107 Å². The van der Waals surface area contributed by atoms with Crippen molar-refractivity contribution in [3.05, 3.63) is 16.1 Å². The van der Waals surface area contributed by atoms with Crippen molar-refractivity contribution >= 4 is 23.2 Å². The second-order valence-corrected chi connectivity index (χ2v) is 4.97. The second kappa shape index (κ2) is 5.01. The number of nitrogens with zero attached hydrogens (tertiary/aromatic N) is 2. The number of amides is 1. The molecule has 8 heteroatoms. The van der Waals surface area contributed by atoms with E-state index in [1.807, 2.05) is 0 Å². The molecular weight excluding hydrogens is 258 g/mol. The second-order valence-electron chi connectivity index (χ2n) is 4.03. The maximum Gasteiger partial charge on any atom is 0.326 e. The molecule has 1 aliphatic rings. The number of carbonyl (C=O) groups excluding carboxylic acids is 1. The molecule has 0 aromatic carbocycles. The highest BCUT2D eigenvalue weighted by Crippen LogP contribution is 2.21. The van der Waals surface area contributed by atoms with Crippen molar-refractivity contribution in [2.75, 3.05) is 6.54 Å². The van der Waals surface area contributed by atoms with Gasteiger partial charge in [0.25, 0.3) is 5.91 Å². The molecule has 2 heterocycles. The Hall–Kier alpha value is -1.51. The van der Waals surface area contributed by atoms with Crippen molar-refractivity contribution in [3.8, 4) is 0 Å². The van der Waals surface area contributed by atoms with Gasteiger partial charge < -0.3 is 20.8 Å². The normalized spacial score (nSPS) is 23.3. The maximum absolute atomic E-state index is 12.1. The largest absolute Gasteiger partial charge is 0.480 e. The molecule has 0 spiro atoms. The van der Waals surface area contributed by atoms with E-state index in [0.29, 0.717) is 5.01 Å². The number of hydrogen-bond acceptors (Lipinski definition) is 6. The lowest BCUT2D eigenvalue weighted by molar-refractivity contribution is -0.141. The van der Waals surface area contributed by atoms with E-state index >= 15 is 0 Å². The highest BCUT2D eigenvalue weighted by atomic mass is 32.1. The quantitative estimate of drug-likeness (QED) is 0.666. The van der Waals surface area contributed by atoms with Crippen LogP contribution in [-0.2, 0) is 11.3 Å². The smallest absolute Gasteiger partial charge is 0.326 e. The number of aliphatic carboxylic acids is 1. The molecule has 18 heavy (non-hydrogen) atoms. The number of rotatable bonds is 3. The number of hydrogen-bond donors (Lipinski definition) is 3. The van der Waals surface area contributed by atoms with Crippen LogP contribution in [0.3, 0.4) is 0 Å². The molecule has 98 valence electrons. The van der Waals surface area contributed by atoms with Crippen molar-refractivity contribution in [3.63, 3.8) is 0 Å². The average Bonchev–Trinajstić information content (AvgIpc) is 2.94. The first-order valence-electron chi connectivity index (χ1n) is 5.39. The zero-order valence-electron chi connectivity index (χ0n) is 9.44. The Kier molecular flexibility index (Phi) is 3.60. The van der Waals surface area contributed by atoms with E-state index in [-0.39, 0.29) is 25.2 Å². The van der Waals surface area contributed by atoms with Crippen LogP contribution in [0.5, 0.6) is 0 Å². The lowest BCUT2D eigenvalue weighted by Gasteiger charge is -2.19. The van der Waals surface area contributed by atoms with Crippen LogP contribution in [0, 0.1) is 0 Å². The molecule has 1 saturated heterocycles. The standard InChI is InChI=1S/C10H13N3O4S/c11-2-8-12-6(4-18-8)9(15)13-3-5(14)1-7(13)10(16)17/h4-5,7,14H,1-3,11H2,(H,16,17)/t5?,7-/m0/s1. The molecule has 0 bridgehead atoms. The number of thiazole rings is 1. The number of nitrogens with two attached hydrogens (primary N) is 1. The highest BCUT2D eigenvalue weighted by molar-refractivity contribution is 7.09. The van der Waals surface area contributed by atoms with Crippen molar-refractivity contribution < 1.29 is 19.8 Å². The molecule has 2 rings (SSSR count). The number of β-amino-alcohol motifs (C(OH)–C–C–N with tert-alkyl or cyclic N) is 1. The minimum atomic E-state index is -1.12. The van der Waals surface area contributed by atoms with Gasteiger partial charge in [0.1, 0.15) is 16.7 Å². The lowest BCUT2D eigenvalue weighted by Crippen LogP contribution is -2.40. The number of carboxylic acids is 1. The van der Waals surface area contributed by atoms with E-state index in [4.69, 9.17) is 10.8 Å². The molecule has 1 fully saturated rings. The van der Waals surface area contributed by atoms with Gasteiger partial charge in [-0.1, -0.05) is 0 Å². The fourth-order valence-corrected chi connectivity index (χ4v) is 2.57. The van der Waals surface area contributed by atoms with Crippen LogP contribution in [-0.4, -0.2) is 50.7 Å². The topological polar surface area (TPSA) is 117 Å². The molecule has 1 amide bonds. The molecule has 0 saturated carbocycles. The first-order chi connectivity index (χ1) is 8.52. The first kappa shape index (κ1) is 12.9. The maximum atomic E-state index is 12.1. The molecular formula is C10H13N3O4S. The fraction of sp³-hybridized carbons (Fsp3) is 0.500. The first-order valence-corrected chi connectivity index (χ1v) is 6.27. The predicted molar refractivity (Wildman–Crippen MR) is 63.1 cm³/mol. The molecule has 0 aliphatic carbocycles. The van der Waals surface area contributed by atoms with Gasteiger partial charge in [-0.3, -0.25) is 4.79 Å². The summed E-state index contributed by atoms with van der Waals surface area (Å²) in [6.07, 6.45) is -0.753. The van der Waals surface area contributed by atoms with Crippen LogP contribution in [0.15, 0.2) is 5.38 Å². The van der Waals surface area contributed by atoms with Crippen molar-refractivity contribution in [1.82, 2.24) is 9.88 Å². The van der Waals surface area contributed by atoms with E-state index in [2.05, 4.69) is 4.98 Å². The summed E-state index contributed by atoms with van der Waals surface area (Å²) in [5, 5.41) is 20.6. The molecule has 4 N–H and O–H groups in total. The van der Waals surface area contributed by atoms with E-state index in [0.717, 1.165) is 4.90 Å². The Bertz CT molecular complexity index is 475. The summed E-state index contributed by atoms with van der Waals surface area (Å²) in [4.78, 5) is 28.3. The van der Waals surface area contributed by atoms with Gasteiger partial charge in [0.15, 0.2) is 0 Å². The van der Waals surface area contributed by atoms with Crippen molar-refractivity contribution in [2.24, 2.45) is 5.73 Å². The van der Waals surface area contributed by atoms with Crippen molar-refractivity contribution in [2.45, 2.75) is 25.1 Å². The number of carbonyl (C=O) groups is 2. The Balaban J connectivity index is 2.19. The fourth-order valence-electron chi connectivity index (χ4n) is 1.92. The van der Waals surface area contributed by atoms with Gasteiger partial charge in [-0.25, -0.2) is 9.78 Å². The van der Waals surface area contributed by atoms with E-state index in [1.54, 1.807) is 5.38 Å². The summed E-state index contributed by atoms with van der Waals surface area (Å²) in [6.45, 7) is 0.258. The number of aliphatic hydroxyl groups is 1. The van der Waals surface area contributed by atoms with Crippen LogP contribution < -0.4 is 5.73 Å². The Morgan fingerprint density at radius 2 is 2.33 bits per heavy atom. The third-order valence-corrected chi connectivity index (χ3v) is 3.64. The summed E-state index contributed by atoms with van der Waals surface area (Å²) in [7, 11) is 0. The molecule has 7 nitrogen and oxygen atoms in total. The highest BCUT2D eigenvalue weighted by Gasteiger charge is 2.39. The van der Waals surface area contributed by atoms with Gasteiger partial charge in [0.05, 0.1) is 6.10 Å². The Morgan fingerprint density at radius 3 is 2.89 bits per heavy atom. The molecule has 1 unspecified atom stereocenters. The summed E-state index contributed by atoms with van der Waals surface area (Å²) < 4.78 is 0. The predicted octanol–water partition coefficient (Wildman–Crippen LogP) is -0.738. The third-order valence-electron chi connectivity index (χ3n) is 2.77. The summed E-state index contributed by atoms with van der Waals surface area (Å²) in [5.74, 6) is -1.59. The SMILES string of the molecule is NCc1nc(C(=O)N2CC(O)C[C@H]2C(=O)O)cs1. The minimum absolute atomic E-state index is 0.0191. The van der Waals surface area contributed by atoms with Crippen LogP contribution in [0.2, 0.25) is 0 Å². The van der Waals surface area contributed by atoms with Gasteiger partial charge in [-0.2, -0.15) is 0 Å². The molecule has 1 aromatic rings. The van der Waals surface area contributed by atoms with Crippen LogP contribution in [0.4, 0.5) is 0 Å². The van der Waals surface area contributed by atoms with Crippen LogP contribution >= 0.6 is 11.3 Å². The van der Waals surface area contributed by atoms with E-state index < -0.39 is 24.0 Å². The minimum Gasteiger partial charge on any atom is -0.480 e. The van der Waals surface area contributed by atoms with Gasteiger partial charge in [-0.15, -0.1) is 11.3 Å². The number of aromatic nitrogens is 1. The Morgan fingerprint density at radius 1 is 1.61 bits per heavy atom. The van der Waals surface area contributed by atoms with Gasteiger partial charge in [-0.05, 0) is 0 Å². The molecule has 1 aromatic heterocycles. The molecule has 0 radical (unpaired) electrons. The zero-order valence-corrected chi connectivity index (χ0v) is 10.3. The summed E-state index contributed by atoms with van der Waals surface area (Å²) >= 11 is 1.25. The molecule has 2 atom stereocenters. The summed E-state index contributed by atoms with van der Waals surface area (Å²) in [5.41, 5.74) is 5.58. The van der Waals surface area contributed by atoms with Crippen LogP contribution in [0.25, 0.3) is 0 Å². The van der Waals surface area contributed by atoms with Gasteiger partial charge in [0, 0.05) is 24.9 Å². The van der Waals surface area contributed by atoms with Crippen LogP contribution in [0.1, 0.15) is 21.9 Å². The average molecular weight is 271 g/mol. The number of likely N-dealkylation sites (tertiary alicyclic amines) is 1. The number of carboxylic acid groups (broad SMARTS) is 1. The third kappa shape index (κ3) is 2.35. The van der Waals surface area contributed by atoms with Gasteiger partial charge >= 0.3 is 5.97 Å². The summed E-state index contributed by atoms with van der Waals surface area (Å²) in [6, 6.07) is -0.990. The lowest BCUT2D eigenvalue weighted by atomic mass is 10.2. The monoisotopic (exact) mass is 271 g/mol. The van der Waals surface area contributed by atoms with Crippen molar-refractivity contribution in [1.29, 1.82) is 0 Å². The molecule has 1 aliphatic heterocycles.